The molecule has 0 bridgehead atoms. The Morgan fingerprint density at radius 1 is 0.543 bits per heavy atom. The third-order valence-corrected chi connectivity index (χ3v) is 9.40. The summed E-state index contributed by atoms with van der Waals surface area (Å²) in [5.74, 6) is 0.168. The molecule has 0 aliphatic heterocycles. The van der Waals surface area contributed by atoms with Gasteiger partial charge in [0.05, 0.1) is 0 Å². The Hall–Kier alpha value is -5.47. The molecule has 0 heterocycles. The maximum atomic E-state index is 13.5. The predicted molar refractivity (Wildman–Crippen MR) is 190 cm³/mol. The van der Waals surface area contributed by atoms with Crippen LogP contribution in [0, 0.1) is 5.82 Å². The standard InChI is InChI=1S/C44H34FN/c45-36-24-18-33(19-25-36)35-22-28-39(29-23-35)46(37-8-2-1-3-9-37)38-26-20-34(21-27-38)32-16-14-31(15-17-32)30-44-42-12-6-4-10-40(42)41-11-5-7-13-43(41)44/h1-2,4-8,10-29,44H,3,9,30H2. The second-order valence-corrected chi connectivity index (χ2v) is 12.2. The minimum atomic E-state index is -0.218. The van der Waals surface area contributed by atoms with Gasteiger partial charge in [0.2, 0.25) is 0 Å². The van der Waals surface area contributed by atoms with Gasteiger partial charge in [-0.05, 0) is 112 Å². The third-order valence-electron chi connectivity index (χ3n) is 9.40. The van der Waals surface area contributed by atoms with Gasteiger partial charge >= 0.3 is 0 Å². The van der Waals surface area contributed by atoms with E-state index < -0.39 is 0 Å². The highest BCUT2D eigenvalue weighted by atomic mass is 19.1. The summed E-state index contributed by atoms with van der Waals surface area (Å²) in [6.07, 6.45) is 9.58. The fourth-order valence-electron chi connectivity index (χ4n) is 7.05. The van der Waals surface area contributed by atoms with Crippen molar-refractivity contribution in [3.63, 3.8) is 0 Å². The second-order valence-electron chi connectivity index (χ2n) is 12.2. The van der Waals surface area contributed by atoms with Gasteiger partial charge in [-0.2, -0.15) is 0 Å². The highest BCUT2D eigenvalue weighted by Crippen LogP contribution is 2.46. The molecule has 6 aromatic rings. The first-order valence-electron chi connectivity index (χ1n) is 16.1. The highest BCUT2D eigenvalue weighted by Gasteiger charge is 2.28. The molecule has 0 radical (unpaired) electrons. The lowest BCUT2D eigenvalue weighted by atomic mass is 9.89. The maximum absolute atomic E-state index is 13.5. The van der Waals surface area contributed by atoms with Crippen LogP contribution in [0.2, 0.25) is 0 Å². The Morgan fingerprint density at radius 3 is 1.52 bits per heavy atom. The van der Waals surface area contributed by atoms with Crippen molar-refractivity contribution in [2.75, 3.05) is 4.90 Å². The molecule has 2 aliphatic carbocycles. The zero-order valence-corrected chi connectivity index (χ0v) is 25.6. The van der Waals surface area contributed by atoms with Crippen LogP contribution in [-0.4, -0.2) is 0 Å². The first-order chi connectivity index (χ1) is 22.7. The van der Waals surface area contributed by atoms with E-state index >= 15 is 0 Å². The van der Waals surface area contributed by atoms with Gasteiger partial charge in [-0.1, -0.05) is 121 Å². The molecule has 0 fully saturated rings. The second kappa shape index (κ2) is 12.1. The minimum absolute atomic E-state index is 0.218. The van der Waals surface area contributed by atoms with Crippen molar-refractivity contribution in [1.82, 2.24) is 0 Å². The summed E-state index contributed by atoms with van der Waals surface area (Å²) in [5.41, 5.74) is 15.0. The Morgan fingerprint density at radius 2 is 1.02 bits per heavy atom. The van der Waals surface area contributed by atoms with Gasteiger partial charge in [-0.15, -0.1) is 0 Å². The number of rotatable bonds is 7. The number of nitrogens with zero attached hydrogens (tertiary/aromatic N) is 1. The average Bonchev–Trinajstić information content (AvgIpc) is 3.43. The highest BCUT2D eigenvalue weighted by molar-refractivity contribution is 5.79. The predicted octanol–water partition coefficient (Wildman–Crippen LogP) is 11.9. The summed E-state index contributed by atoms with van der Waals surface area (Å²) < 4.78 is 13.5. The molecule has 0 saturated heterocycles. The third kappa shape index (κ3) is 5.37. The summed E-state index contributed by atoms with van der Waals surface area (Å²) in [7, 11) is 0. The van der Waals surface area contributed by atoms with E-state index in [9.17, 15) is 4.39 Å². The van der Waals surface area contributed by atoms with Gasteiger partial charge in [0.15, 0.2) is 0 Å². The molecule has 0 spiro atoms. The Labute approximate surface area is 270 Å². The molecule has 46 heavy (non-hydrogen) atoms. The molecule has 0 unspecified atom stereocenters. The number of hydrogen-bond acceptors (Lipinski definition) is 1. The molecular formula is C44H34FN. The van der Waals surface area contributed by atoms with Gasteiger partial charge in [0.1, 0.15) is 5.82 Å². The van der Waals surface area contributed by atoms with Crippen molar-refractivity contribution in [2.24, 2.45) is 0 Å². The van der Waals surface area contributed by atoms with E-state index in [2.05, 4.69) is 144 Å². The first-order valence-corrected chi connectivity index (χ1v) is 16.1. The topological polar surface area (TPSA) is 3.24 Å². The van der Waals surface area contributed by atoms with Crippen LogP contribution in [0.4, 0.5) is 15.8 Å². The van der Waals surface area contributed by atoms with Crippen molar-refractivity contribution in [2.45, 2.75) is 25.2 Å². The molecule has 0 aromatic heterocycles. The molecule has 1 nitrogen and oxygen atoms in total. The summed E-state index contributed by atoms with van der Waals surface area (Å²) in [6, 6.07) is 51.0. The van der Waals surface area contributed by atoms with E-state index in [0.717, 1.165) is 41.8 Å². The van der Waals surface area contributed by atoms with E-state index in [-0.39, 0.29) is 5.82 Å². The number of fused-ring (bicyclic) bond motifs is 3. The van der Waals surface area contributed by atoms with E-state index in [1.807, 2.05) is 12.1 Å². The largest absolute Gasteiger partial charge is 0.314 e. The minimum Gasteiger partial charge on any atom is -0.314 e. The van der Waals surface area contributed by atoms with Gasteiger partial charge in [0.25, 0.3) is 0 Å². The average molecular weight is 596 g/mol. The monoisotopic (exact) mass is 595 g/mol. The normalized spacial score (nSPS) is 13.6. The van der Waals surface area contributed by atoms with Gasteiger partial charge < -0.3 is 4.90 Å². The lowest BCUT2D eigenvalue weighted by Crippen LogP contribution is -2.17. The van der Waals surface area contributed by atoms with Gasteiger partial charge in [0, 0.05) is 23.0 Å². The summed E-state index contributed by atoms with van der Waals surface area (Å²) in [4.78, 5) is 2.35. The van der Waals surface area contributed by atoms with Gasteiger partial charge in [-0.25, -0.2) is 4.39 Å². The molecule has 2 heteroatoms. The molecule has 6 aromatic carbocycles. The van der Waals surface area contributed by atoms with Crippen molar-refractivity contribution in [3.8, 4) is 33.4 Å². The molecule has 222 valence electrons. The first kappa shape index (κ1) is 28.0. The number of hydrogen-bond donors (Lipinski definition) is 0. The van der Waals surface area contributed by atoms with E-state index in [4.69, 9.17) is 0 Å². The van der Waals surface area contributed by atoms with E-state index in [1.165, 1.54) is 56.8 Å². The smallest absolute Gasteiger partial charge is 0.123 e. The Bertz CT molecular complexity index is 2000. The van der Waals surface area contributed by atoms with Gasteiger partial charge in [-0.3, -0.25) is 0 Å². The molecule has 0 N–H and O–H groups in total. The Balaban J connectivity index is 1.04. The van der Waals surface area contributed by atoms with Crippen LogP contribution in [0.3, 0.4) is 0 Å². The SMILES string of the molecule is Fc1ccc(-c2ccc(N(C3=CC=CCC3)c3ccc(-c4ccc(CC5c6ccccc6-c6ccccc65)cc4)cc3)cc2)cc1. The lowest BCUT2D eigenvalue weighted by molar-refractivity contribution is 0.628. The van der Waals surface area contributed by atoms with E-state index in [0.29, 0.717) is 5.92 Å². The number of halogens is 1. The zero-order valence-electron chi connectivity index (χ0n) is 25.6. The van der Waals surface area contributed by atoms with Crippen LogP contribution in [0.25, 0.3) is 33.4 Å². The molecule has 0 atom stereocenters. The number of allylic oxidation sites excluding steroid dienone is 4. The maximum Gasteiger partial charge on any atom is 0.123 e. The molecular weight excluding hydrogens is 561 g/mol. The van der Waals surface area contributed by atoms with Crippen LogP contribution in [0.5, 0.6) is 0 Å². The van der Waals surface area contributed by atoms with Crippen LogP contribution < -0.4 is 4.90 Å². The fraction of sp³-hybridized carbons (Fsp3) is 0.0909. The van der Waals surface area contributed by atoms with Crippen LogP contribution in [-0.2, 0) is 6.42 Å². The number of anilines is 2. The molecule has 2 aliphatic rings. The quantitative estimate of drug-likeness (QED) is 0.177. The summed E-state index contributed by atoms with van der Waals surface area (Å²) in [6.45, 7) is 0. The fourth-order valence-corrected chi connectivity index (χ4v) is 7.05. The van der Waals surface area contributed by atoms with Crippen molar-refractivity contribution in [3.05, 3.63) is 192 Å². The summed E-state index contributed by atoms with van der Waals surface area (Å²) in [5, 5.41) is 0. The van der Waals surface area contributed by atoms with Crippen molar-refractivity contribution < 1.29 is 4.39 Å². The zero-order chi connectivity index (χ0) is 30.9. The van der Waals surface area contributed by atoms with Crippen molar-refractivity contribution in [1.29, 1.82) is 0 Å². The van der Waals surface area contributed by atoms with Crippen LogP contribution >= 0.6 is 0 Å². The number of benzene rings is 6. The molecule has 8 rings (SSSR count). The van der Waals surface area contributed by atoms with Crippen LogP contribution in [0.1, 0.15) is 35.4 Å². The lowest BCUT2D eigenvalue weighted by Gasteiger charge is -2.29. The van der Waals surface area contributed by atoms with Crippen LogP contribution in [0.15, 0.2) is 170 Å². The summed E-state index contributed by atoms with van der Waals surface area (Å²) >= 11 is 0. The Kier molecular flexibility index (Phi) is 7.40. The molecule has 0 saturated carbocycles. The van der Waals surface area contributed by atoms with Crippen molar-refractivity contribution >= 4 is 11.4 Å². The van der Waals surface area contributed by atoms with E-state index in [1.54, 1.807) is 0 Å². The molecule has 0 amide bonds.